The van der Waals surface area contributed by atoms with Crippen molar-refractivity contribution in [1.82, 2.24) is 0 Å². The van der Waals surface area contributed by atoms with Crippen molar-refractivity contribution < 1.29 is 4.42 Å². The van der Waals surface area contributed by atoms with Crippen LogP contribution in [-0.2, 0) is 0 Å². The minimum Gasteiger partial charge on any atom is -0.456 e. The molecular weight excluding hydrogens is 759 g/mol. The lowest BCUT2D eigenvalue weighted by Crippen LogP contribution is -2.09. The molecule has 0 bridgehead atoms. The SMILES string of the molecule is C=CC=CC=Cc1ccc(-c2ccc(N(c3ccc(C(C=C)=CC=Cc4ccccc4)cc3)c3ccc(-c4ccc(-c5ccc6oc7ccccc7c6c5)s4)cc3)cc2)cc1. The van der Waals surface area contributed by atoms with Crippen LogP contribution in [0.4, 0.5) is 17.1 Å². The van der Waals surface area contributed by atoms with Gasteiger partial charge in [-0.1, -0.05) is 177 Å². The number of benzene rings is 7. The predicted octanol–water partition coefficient (Wildman–Crippen LogP) is 17.2. The molecule has 2 nitrogen and oxygen atoms in total. The van der Waals surface area contributed by atoms with E-state index in [1.807, 2.05) is 54.6 Å². The Labute approximate surface area is 362 Å². The van der Waals surface area contributed by atoms with E-state index in [1.54, 1.807) is 17.4 Å². The first-order valence-electron chi connectivity index (χ1n) is 20.4. The molecule has 0 spiro atoms. The van der Waals surface area contributed by atoms with Crippen LogP contribution in [0.15, 0.2) is 242 Å². The minimum atomic E-state index is 0.912. The van der Waals surface area contributed by atoms with E-state index in [-0.39, 0.29) is 0 Å². The number of allylic oxidation sites excluding steroid dienone is 8. The summed E-state index contributed by atoms with van der Waals surface area (Å²) in [4.78, 5) is 4.76. The molecule has 0 amide bonds. The largest absolute Gasteiger partial charge is 0.456 e. The van der Waals surface area contributed by atoms with Crippen molar-refractivity contribution in [2.75, 3.05) is 4.90 Å². The molecule has 7 aromatic carbocycles. The van der Waals surface area contributed by atoms with E-state index in [4.69, 9.17) is 4.42 Å². The summed E-state index contributed by atoms with van der Waals surface area (Å²) in [5.41, 5.74) is 14.2. The lowest BCUT2D eigenvalue weighted by Gasteiger charge is -2.26. The molecule has 0 unspecified atom stereocenters. The van der Waals surface area contributed by atoms with E-state index in [0.29, 0.717) is 0 Å². The van der Waals surface area contributed by atoms with Gasteiger partial charge in [-0.15, -0.1) is 11.3 Å². The molecule has 0 saturated heterocycles. The Morgan fingerprint density at radius 2 is 1.02 bits per heavy atom. The number of fused-ring (bicyclic) bond motifs is 3. The van der Waals surface area contributed by atoms with Gasteiger partial charge in [-0.05, 0) is 117 Å². The summed E-state index contributed by atoms with van der Waals surface area (Å²) in [5, 5.41) is 2.29. The monoisotopic (exact) mass is 801 g/mol. The van der Waals surface area contributed by atoms with Crippen molar-refractivity contribution >= 4 is 68.1 Å². The van der Waals surface area contributed by atoms with Crippen LogP contribution in [0.25, 0.3) is 71.7 Å². The van der Waals surface area contributed by atoms with E-state index in [9.17, 15) is 0 Å². The summed E-state index contributed by atoms with van der Waals surface area (Å²) in [6.07, 6.45) is 18.0. The molecule has 0 radical (unpaired) electrons. The van der Waals surface area contributed by atoms with Gasteiger partial charge in [0.15, 0.2) is 0 Å². The average molecular weight is 802 g/mol. The molecule has 3 heteroatoms. The predicted molar refractivity (Wildman–Crippen MR) is 265 cm³/mol. The third kappa shape index (κ3) is 8.70. The van der Waals surface area contributed by atoms with Gasteiger partial charge in [0.25, 0.3) is 0 Å². The van der Waals surface area contributed by atoms with Crippen LogP contribution in [0.5, 0.6) is 0 Å². The van der Waals surface area contributed by atoms with Gasteiger partial charge in [-0.3, -0.25) is 0 Å². The molecule has 0 fully saturated rings. The molecule has 0 aliphatic rings. The smallest absolute Gasteiger partial charge is 0.135 e. The quantitative estimate of drug-likeness (QED) is 0.108. The van der Waals surface area contributed by atoms with Gasteiger partial charge >= 0.3 is 0 Å². The van der Waals surface area contributed by atoms with Crippen molar-refractivity contribution in [2.24, 2.45) is 0 Å². The van der Waals surface area contributed by atoms with Crippen LogP contribution < -0.4 is 4.90 Å². The van der Waals surface area contributed by atoms with Crippen molar-refractivity contribution in [3.63, 3.8) is 0 Å². The van der Waals surface area contributed by atoms with Gasteiger partial charge in [-0.25, -0.2) is 0 Å². The summed E-state index contributed by atoms with van der Waals surface area (Å²) in [6.45, 7) is 7.86. The van der Waals surface area contributed by atoms with Gasteiger partial charge in [0.1, 0.15) is 11.2 Å². The van der Waals surface area contributed by atoms with Crippen LogP contribution >= 0.6 is 11.3 Å². The minimum absolute atomic E-state index is 0.912. The van der Waals surface area contributed by atoms with Gasteiger partial charge in [-0.2, -0.15) is 0 Å². The summed E-state index contributed by atoms with van der Waals surface area (Å²) in [5.74, 6) is 0. The van der Waals surface area contributed by atoms with Crippen LogP contribution in [0.3, 0.4) is 0 Å². The van der Waals surface area contributed by atoms with Gasteiger partial charge in [0, 0.05) is 37.6 Å². The number of rotatable bonds is 13. The van der Waals surface area contributed by atoms with Crippen molar-refractivity contribution in [3.05, 3.63) is 254 Å². The number of para-hydroxylation sites is 1. The second-order valence-corrected chi connectivity index (χ2v) is 15.7. The fourth-order valence-electron chi connectivity index (χ4n) is 7.56. The molecule has 0 N–H and O–H groups in total. The average Bonchev–Trinajstić information content (AvgIpc) is 3.97. The van der Waals surface area contributed by atoms with Crippen LogP contribution in [-0.4, -0.2) is 0 Å². The second kappa shape index (κ2) is 18.0. The van der Waals surface area contributed by atoms with E-state index >= 15 is 0 Å². The maximum absolute atomic E-state index is 6.09. The molecule has 0 aliphatic carbocycles. The number of hydrogen-bond acceptors (Lipinski definition) is 3. The van der Waals surface area contributed by atoms with Gasteiger partial charge < -0.3 is 9.32 Å². The maximum Gasteiger partial charge on any atom is 0.135 e. The van der Waals surface area contributed by atoms with Crippen LogP contribution in [0.1, 0.15) is 16.7 Å². The Hall–Kier alpha value is -7.72. The highest BCUT2D eigenvalue weighted by atomic mass is 32.1. The fourth-order valence-corrected chi connectivity index (χ4v) is 8.57. The van der Waals surface area contributed by atoms with Crippen molar-refractivity contribution in [1.29, 1.82) is 0 Å². The number of nitrogens with zero attached hydrogens (tertiary/aromatic N) is 1. The third-order valence-corrected chi connectivity index (χ3v) is 11.9. The lowest BCUT2D eigenvalue weighted by atomic mass is 10.0. The van der Waals surface area contributed by atoms with E-state index in [2.05, 4.69) is 194 Å². The topological polar surface area (TPSA) is 16.4 Å². The fraction of sp³-hybridized carbons (Fsp3) is 0. The molecule has 9 aromatic rings. The summed E-state index contributed by atoms with van der Waals surface area (Å²) in [7, 11) is 0. The maximum atomic E-state index is 6.09. The first-order valence-corrected chi connectivity index (χ1v) is 21.2. The van der Waals surface area contributed by atoms with E-state index in [1.165, 1.54) is 26.4 Å². The van der Waals surface area contributed by atoms with Crippen molar-refractivity contribution in [2.45, 2.75) is 0 Å². The highest BCUT2D eigenvalue weighted by Crippen LogP contribution is 2.41. The first kappa shape index (κ1) is 38.8. The molecule has 0 atom stereocenters. The summed E-state index contributed by atoms with van der Waals surface area (Å²) >= 11 is 1.81. The number of anilines is 3. The molecule has 61 heavy (non-hydrogen) atoms. The number of furan rings is 1. The number of thiophene rings is 1. The van der Waals surface area contributed by atoms with E-state index in [0.717, 1.165) is 66.8 Å². The van der Waals surface area contributed by atoms with Crippen molar-refractivity contribution in [3.8, 4) is 32.0 Å². The van der Waals surface area contributed by atoms with E-state index < -0.39 is 0 Å². The Balaban J connectivity index is 1.01. The zero-order chi connectivity index (χ0) is 41.4. The highest BCUT2D eigenvalue weighted by Gasteiger charge is 2.15. The molecular formula is C58H43NOS. The highest BCUT2D eigenvalue weighted by molar-refractivity contribution is 7.18. The first-order chi connectivity index (χ1) is 30.1. The Kier molecular flexibility index (Phi) is 11.5. The third-order valence-electron chi connectivity index (χ3n) is 10.7. The summed E-state index contributed by atoms with van der Waals surface area (Å²) in [6, 6.07) is 64.6. The Morgan fingerprint density at radius 3 is 1.70 bits per heavy atom. The standard InChI is InChI=1S/C58H43NOS/c1-3-5-6-8-16-43-21-23-46(24-22-43)47-27-34-51(35-28-47)59(50-32-25-45(26-33-50)44(4-2)18-13-17-42-14-9-7-10-15-42)52-36-29-48(30-37-52)57-39-40-58(61-57)49-31-38-56-54(41-49)53-19-11-12-20-55(53)60-56/h3-41H,1-2H2. The second-order valence-electron chi connectivity index (χ2n) is 14.6. The molecule has 2 aromatic heterocycles. The molecule has 2 heterocycles. The molecule has 0 aliphatic heterocycles. The Morgan fingerprint density at radius 1 is 0.459 bits per heavy atom. The van der Waals surface area contributed by atoms with Crippen LogP contribution in [0.2, 0.25) is 0 Å². The van der Waals surface area contributed by atoms with Crippen LogP contribution in [0, 0.1) is 0 Å². The normalized spacial score (nSPS) is 12.0. The Bertz CT molecular complexity index is 3070. The number of hydrogen-bond donors (Lipinski definition) is 0. The zero-order valence-corrected chi connectivity index (χ0v) is 34.5. The lowest BCUT2D eigenvalue weighted by molar-refractivity contribution is 0.669. The summed E-state index contributed by atoms with van der Waals surface area (Å²) < 4.78 is 6.09. The zero-order valence-electron chi connectivity index (χ0n) is 33.7. The van der Waals surface area contributed by atoms with Gasteiger partial charge in [0.2, 0.25) is 0 Å². The molecule has 0 saturated carbocycles. The van der Waals surface area contributed by atoms with Gasteiger partial charge in [0.05, 0.1) is 0 Å². The molecule has 292 valence electrons. The molecule has 9 rings (SSSR count).